The lowest BCUT2D eigenvalue weighted by Crippen LogP contribution is -2.37. The van der Waals surface area contributed by atoms with Gasteiger partial charge < -0.3 is 9.47 Å². The maximum Gasteiger partial charge on any atom is 0.226 e. The summed E-state index contributed by atoms with van der Waals surface area (Å²) in [6.45, 7) is 2.82. The van der Waals surface area contributed by atoms with Crippen molar-refractivity contribution in [2.45, 2.75) is 32.2 Å². The third kappa shape index (κ3) is 1.82. The number of para-hydroxylation sites is 2. The summed E-state index contributed by atoms with van der Waals surface area (Å²) in [6, 6.07) is 8.25. The Balaban J connectivity index is 1.61. The summed E-state index contributed by atoms with van der Waals surface area (Å²) < 4.78 is 2.28. The van der Waals surface area contributed by atoms with Crippen molar-refractivity contribution in [3.05, 3.63) is 30.1 Å². The van der Waals surface area contributed by atoms with Crippen LogP contribution >= 0.6 is 0 Å². The van der Waals surface area contributed by atoms with E-state index in [4.69, 9.17) is 4.98 Å². The van der Waals surface area contributed by atoms with Crippen molar-refractivity contribution in [1.29, 1.82) is 0 Å². The van der Waals surface area contributed by atoms with Gasteiger partial charge in [-0.1, -0.05) is 12.1 Å². The molecule has 1 aromatic heterocycles. The van der Waals surface area contributed by atoms with Gasteiger partial charge in [0, 0.05) is 32.0 Å². The Morgan fingerprint density at radius 3 is 2.80 bits per heavy atom. The van der Waals surface area contributed by atoms with Gasteiger partial charge in [0.05, 0.1) is 11.0 Å². The molecule has 20 heavy (non-hydrogen) atoms. The summed E-state index contributed by atoms with van der Waals surface area (Å²) in [5, 5.41) is 0. The van der Waals surface area contributed by atoms with Gasteiger partial charge in [-0.15, -0.1) is 0 Å². The van der Waals surface area contributed by atoms with Gasteiger partial charge in [-0.2, -0.15) is 0 Å². The largest absolute Gasteiger partial charge is 0.342 e. The monoisotopic (exact) mass is 269 g/mol. The van der Waals surface area contributed by atoms with E-state index in [1.165, 1.54) is 5.52 Å². The van der Waals surface area contributed by atoms with Gasteiger partial charge in [-0.3, -0.25) is 4.79 Å². The molecule has 1 aromatic carbocycles. The highest BCUT2D eigenvalue weighted by Gasteiger charge is 2.31. The molecule has 0 spiro atoms. The van der Waals surface area contributed by atoms with Crippen molar-refractivity contribution >= 4 is 16.9 Å². The van der Waals surface area contributed by atoms with Crippen LogP contribution in [0.2, 0.25) is 0 Å². The number of carbonyl (C=O) groups is 1. The highest BCUT2D eigenvalue weighted by atomic mass is 16.2. The molecule has 0 N–H and O–H groups in total. The number of fused-ring (bicyclic) bond motifs is 3. The molecule has 0 radical (unpaired) electrons. The minimum Gasteiger partial charge on any atom is -0.342 e. The molecule has 1 saturated heterocycles. The number of benzene rings is 1. The predicted octanol–water partition coefficient (Wildman–Crippen LogP) is 2.22. The van der Waals surface area contributed by atoms with E-state index in [1.54, 1.807) is 0 Å². The molecule has 0 aliphatic carbocycles. The number of rotatable bonds is 1. The van der Waals surface area contributed by atoms with Crippen LogP contribution in [0.4, 0.5) is 0 Å². The topological polar surface area (TPSA) is 38.1 Å². The molecule has 4 nitrogen and oxygen atoms in total. The van der Waals surface area contributed by atoms with E-state index in [0.717, 1.165) is 56.7 Å². The van der Waals surface area contributed by atoms with Gasteiger partial charge in [0.2, 0.25) is 5.91 Å². The third-order valence-electron chi connectivity index (χ3n) is 4.63. The number of hydrogen-bond donors (Lipinski definition) is 0. The average molecular weight is 269 g/mol. The molecule has 2 aliphatic heterocycles. The Morgan fingerprint density at radius 1 is 1.15 bits per heavy atom. The minimum atomic E-state index is 0.136. The maximum absolute atomic E-state index is 12.5. The molecule has 1 unspecified atom stereocenters. The number of imidazole rings is 1. The van der Waals surface area contributed by atoms with Gasteiger partial charge >= 0.3 is 0 Å². The van der Waals surface area contributed by atoms with Crippen molar-refractivity contribution < 1.29 is 4.79 Å². The summed E-state index contributed by atoms with van der Waals surface area (Å²) >= 11 is 0. The van der Waals surface area contributed by atoms with Crippen molar-refractivity contribution in [3.8, 4) is 0 Å². The summed E-state index contributed by atoms with van der Waals surface area (Å²) in [7, 11) is 0. The normalized spacial score (nSPS) is 22.2. The van der Waals surface area contributed by atoms with Crippen LogP contribution in [0.3, 0.4) is 0 Å². The van der Waals surface area contributed by atoms with E-state index in [1.807, 2.05) is 11.0 Å². The second kappa shape index (κ2) is 4.62. The number of aryl methyl sites for hydroxylation is 1. The smallest absolute Gasteiger partial charge is 0.226 e. The van der Waals surface area contributed by atoms with Crippen molar-refractivity contribution in [2.24, 2.45) is 5.92 Å². The van der Waals surface area contributed by atoms with Crippen LogP contribution in [-0.4, -0.2) is 33.4 Å². The maximum atomic E-state index is 12.5. The van der Waals surface area contributed by atoms with E-state index < -0.39 is 0 Å². The predicted molar refractivity (Wildman–Crippen MR) is 77.4 cm³/mol. The zero-order valence-corrected chi connectivity index (χ0v) is 11.6. The lowest BCUT2D eigenvalue weighted by atomic mass is 9.96. The molecule has 0 saturated carbocycles. The zero-order chi connectivity index (χ0) is 13.5. The van der Waals surface area contributed by atoms with Crippen LogP contribution in [0.5, 0.6) is 0 Å². The standard InChI is InChI=1S/C16H19N3O/c20-16(18-8-3-4-9-18)12-7-10-19-14-6-2-1-5-13(14)17-15(19)11-12/h1-2,5-6,12H,3-4,7-11H2. The molecular weight excluding hydrogens is 250 g/mol. The van der Waals surface area contributed by atoms with E-state index in [0.29, 0.717) is 5.91 Å². The molecule has 104 valence electrons. The van der Waals surface area contributed by atoms with Gasteiger partial charge in [0.15, 0.2) is 0 Å². The van der Waals surface area contributed by atoms with Gasteiger partial charge in [0.1, 0.15) is 5.82 Å². The van der Waals surface area contributed by atoms with E-state index in [9.17, 15) is 4.79 Å². The second-order valence-electron chi connectivity index (χ2n) is 5.89. The number of aromatic nitrogens is 2. The van der Waals surface area contributed by atoms with Crippen molar-refractivity contribution in [3.63, 3.8) is 0 Å². The molecular formula is C16H19N3O. The summed E-state index contributed by atoms with van der Waals surface area (Å²) in [5.74, 6) is 1.56. The first-order valence-corrected chi connectivity index (χ1v) is 7.56. The number of likely N-dealkylation sites (tertiary alicyclic amines) is 1. The Kier molecular flexibility index (Phi) is 2.76. The fraction of sp³-hybridized carbons (Fsp3) is 0.500. The molecule has 3 heterocycles. The molecule has 1 atom stereocenters. The van der Waals surface area contributed by atoms with Crippen LogP contribution < -0.4 is 0 Å². The number of carbonyl (C=O) groups excluding carboxylic acids is 1. The number of nitrogens with zero attached hydrogens (tertiary/aromatic N) is 3. The van der Waals surface area contributed by atoms with Gasteiger partial charge in [-0.05, 0) is 31.4 Å². The molecule has 2 aliphatic rings. The van der Waals surface area contributed by atoms with Gasteiger partial charge in [0.25, 0.3) is 0 Å². The Bertz CT molecular complexity index is 655. The molecule has 2 aromatic rings. The highest BCUT2D eigenvalue weighted by Crippen LogP contribution is 2.27. The Morgan fingerprint density at radius 2 is 1.95 bits per heavy atom. The molecule has 1 fully saturated rings. The van der Waals surface area contributed by atoms with Crippen LogP contribution in [0.25, 0.3) is 11.0 Å². The molecule has 1 amide bonds. The lowest BCUT2D eigenvalue weighted by molar-refractivity contribution is -0.135. The SMILES string of the molecule is O=C(C1CCn2c(nc3ccccc32)C1)N1CCCC1. The van der Waals surface area contributed by atoms with Crippen LogP contribution in [0.15, 0.2) is 24.3 Å². The average Bonchev–Trinajstić information content (AvgIpc) is 3.13. The fourth-order valence-corrected chi connectivity index (χ4v) is 3.54. The summed E-state index contributed by atoms with van der Waals surface area (Å²) in [5.41, 5.74) is 2.26. The van der Waals surface area contributed by atoms with Crippen molar-refractivity contribution in [1.82, 2.24) is 14.5 Å². The Labute approximate surface area is 118 Å². The van der Waals surface area contributed by atoms with Crippen molar-refractivity contribution in [2.75, 3.05) is 13.1 Å². The first-order chi connectivity index (χ1) is 9.83. The molecule has 4 heteroatoms. The minimum absolute atomic E-state index is 0.136. The van der Waals surface area contributed by atoms with Crippen LogP contribution in [-0.2, 0) is 17.8 Å². The second-order valence-corrected chi connectivity index (χ2v) is 5.89. The number of amides is 1. The third-order valence-corrected chi connectivity index (χ3v) is 4.63. The van der Waals surface area contributed by atoms with Crippen LogP contribution in [0.1, 0.15) is 25.1 Å². The Hall–Kier alpha value is -1.84. The zero-order valence-electron chi connectivity index (χ0n) is 11.6. The summed E-state index contributed by atoms with van der Waals surface area (Å²) in [4.78, 5) is 19.3. The fourth-order valence-electron chi connectivity index (χ4n) is 3.54. The van der Waals surface area contributed by atoms with Crippen LogP contribution in [0, 0.1) is 5.92 Å². The van der Waals surface area contributed by atoms with Gasteiger partial charge in [-0.25, -0.2) is 4.98 Å². The first-order valence-electron chi connectivity index (χ1n) is 7.56. The van der Waals surface area contributed by atoms with E-state index in [2.05, 4.69) is 22.8 Å². The molecule has 4 rings (SSSR count). The highest BCUT2D eigenvalue weighted by molar-refractivity contribution is 5.80. The summed E-state index contributed by atoms with van der Waals surface area (Å²) in [6.07, 6.45) is 4.07. The quantitative estimate of drug-likeness (QED) is 0.796. The van der Waals surface area contributed by atoms with E-state index in [-0.39, 0.29) is 5.92 Å². The first kappa shape index (κ1) is 11.9. The van der Waals surface area contributed by atoms with E-state index >= 15 is 0 Å². The number of hydrogen-bond acceptors (Lipinski definition) is 2. The lowest BCUT2D eigenvalue weighted by Gasteiger charge is -2.27. The molecule has 0 bridgehead atoms.